The molecule has 0 aromatic carbocycles. The second-order valence-electron chi connectivity index (χ2n) is 4.40. The van der Waals surface area contributed by atoms with E-state index in [1.165, 1.54) is 0 Å². The Morgan fingerprint density at radius 1 is 1.29 bits per heavy atom. The van der Waals surface area contributed by atoms with Crippen LogP contribution in [0.5, 0.6) is 0 Å². The Hall–Kier alpha value is -1.69. The number of carboxylic acids is 1. The molecule has 90 valence electrons. The molecule has 2 bridgehead atoms. The van der Waals surface area contributed by atoms with Gasteiger partial charge < -0.3 is 14.7 Å². The summed E-state index contributed by atoms with van der Waals surface area (Å²) in [6.45, 7) is 1.47. The van der Waals surface area contributed by atoms with Crippen LogP contribution in [0, 0.1) is 0 Å². The molecule has 1 aromatic heterocycles. The van der Waals surface area contributed by atoms with E-state index in [1.54, 1.807) is 12.4 Å². The lowest BCUT2D eigenvalue weighted by Gasteiger charge is -2.36. The third-order valence-corrected chi connectivity index (χ3v) is 3.37. The number of aromatic carboxylic acids is 1. The van der Waals surface area contributed by atoms with Crippen molar-refractivity contribution in [2.75, 3.05) is 18.1 Å². The van der Waals surface area contributed by atoms with Gasteiger partial charge in [0.05, 0.1) is 43.4 Å². The molecule has 1 N–H and O–H groups in total. The number of carboxylic acid groups (broad SMARTS) is 1. The molecule has 2 saturated heterocycles. The Balaban J connectivity index is 1.86. The molecular weight excluding hydrogens is 222 g/mol. The Morgan fingerprint density at radius 2 is 1.88 bits per heavy atom. The molecule has 0 radical (unpaired) electrons. The monoisotopic (exact) mass is 235 g/mol. The fourth-order valence-electron chi connectivity index (χ4n) is 2.62. The van der Waals surface area contributed by atoms with Crippen molar-refractivity contribution in [2.24, 2.45) is 0 Å². The SMILES string of the molecule is O=C(O)c1ncc(N2C3CCC2COC3)cn1. The molecule has 2 fully saturated rings. The zero-order valence-electron chi connectivity index (χ0n) is 9.24. The van der Waals surface area contributed by atoms with Crippen molar-refractivity contribution >= 4 is 11.7 Å². The Morgan fingerprint density at radius 3 is 2.41 bits per heavy atom. The number of nitrogens with zero attached hydrogens (tertiary/aromatic N) is 3. The van der Waals surface area contributed by atoms with E-state index in [0.29, 0.717) is 12.1 Å². The Kier molecular flexibility index (Phi) is 2.44. The molecule has 3 rings (SSSR count). The molecule has 17 heavy (non-hydrogen) atoms. The average molecular weight is 235 g/mol. The third kappa shape index (κ3) is 1.74. The number of carbonyl (C=O) groups is 1. The fourth-order valence-corrected chi connectivity index (χ4v) is 2.62. The third-order valence-electron chi connectivity index (χ3n) is 3.37. The van der Waals surface area contributed by atoms with Crippen molar-refractivity contribution in [3.63, 3.8) is 0 Å². The zero-order chi connectivity index (χ0) is 11.8. The van der Waals surface area contributed by atoms with Gasteiger partial charge in [0, 0.05) is 0 Å². The van der Waals surface area contributed by atoms with Crippen LogP contribution in [0.25, 0.3) is 0 Å². The standard InChI is InChI=1S/C11H13N3O3/c15-11(16)10-12-3-9(4-13-10)14-7-1-2-8(14)6-17-5-7/h3-4,7-8H,1-2,5-6H2,(H,15,16). The van der Waals surface area contributed by atoms with Gasteiger partial charge in [0.2, 0.25) is 5.82 Å². The summed E-state index contributed by atoms with van der Waals surface area (Å²) in [4.78, 5) is 20.6. The maximum Gasteiger partial charge on any atom is 0.373 e. The number of hydrogen-bond acceptors (Lipinski definition) is 5. The van der Waals surface area contributed by atoms with E-state index in [1.807, 2.05) is 0 Å². The molecule has 0 spiro atoms. The number of anilines is 1. The number of ether oxygens (including phenoxy) is 1. The van der Waals surface area contributed by atoms with Gasteiger partial charge in [0.1, 0.15) is 0 Å². The van der Waals surface area contributed by atoms with E-state index in [0.717, 1.165) is 31.7 Å². The predicted molar refractivity (Wildman–Crippen MR) is 59.1 cm³/mol. The molecule has 6 nitrogen and oxygen atoms in total. The highest BCUT2D eigenvalue weighted by molar-refractivity contribution is 5.83. The maximum absolute atomic E-state index is 10.7. The predicted octanol–water partition coefficient (Wildman–Crippen LogP) is 0.542. The second kappa shape index (κ2) is 3.96. The fraction of sp³-hybridized carbons (Fsp3) is 0.545. The van der Waals surface area contributed by atoms with E-state index in [9.17, 15) is 4.79 Å². The van der Waals surface area contributed by atoms with E-state index in [4.69, 9.17) is 9.84 Å². The minimum atomic E-state index is -1.10. The first-order valence-electron chi connectivity index (χ1n) is 5.67. The topological polar surface area (TPSA) is 75.5 Å². The number of fused-ring (bicyclic) bond motifs is 2. The molecule has 2 aliphatic rings. The summed E-state index contributed by atoms with van der Waals surface area (Å²) in [6, 6.07) is 0.765. The van der Waals surface area contributed by atoms with Crippen LogP contribution in [-0.2, 0) is 4.74 Å². The van der Waals surface area contributed by atoms with Crippen LogP contribution in [0.15, 0.2) is 12.4 Å². The first kappa shape index (κ1) is 10.5. The molecule has 2 atom stereocenters. The summed E-state index contributed by atoms with van der Waals surface area (Å²) in [5.41, 5.74) is 0.894. The van der Waals surface area contributed by atoms with Gasteiger partial charge >= 0.3 is 5.97 Å². The maximum atomic E-state index is 10.7. The summed E-state index contributed by atoms with van der Waals surface area (Å²) in [7, 11) is 0. The van der Waals surface area contributed by atoms with Crippen LogP contribution in [0.2, 0.25) is 0 Å². The van der Waals surface area contributed by atoms with Crippen LogP contribution >= 0.6 is 0 Å². The molecule has 0 aliphatic carbocycles. The molecular formula is C11H13N3O3. The number of rotatable bonds is 2. The van der Waals surface area contributed by atoms with Crippen molar-refractivity contribution in [3.05, 3.63) is 18.2 Å². The highest BCUT2D eigenvalue weighted by Gasteiger charge is 2.37. The van der Waals surface area contributed by atoms with Crippen molar-refractivity contribution in [2.45, 2.75) is 24.9 Å². The average Bonchev–Trinajstić information content (AvgIpc) is 2.59. The van der Waals surface area contributed by atoms with Crippen molar-refractivity contribution in [1.29, 1.82) is 0 Å². The first-order valence-corrected chi connectivity index (χ1v) is 5.67. The summed E-state index contributed by atoms with van der Waals surface area (Å²) in [5, 5.41) is 8.74. The molecule has 2 unspecified atom stereocenters. The molecule has 0 amide bonds. The summed E-state index contributed by atoms with van der Waals surface area (Å²) >= 11 is 0. The van der Waals surface area contributed by atoms with E-state index >= 15 is 0 Å². The van der Waals surface area contributed by atoms with Crippen LogP contribution in [0.4, 0.5) is 5.69 Å². The van der Waals surface area contributed by atoms with Gasteiger partial charge in [-0.1, -0.05) is 0 Å². The van der Waals surface area contributed by atoms with Gasteiger partial charge in [-0.15, -0.1) is 0 Å². The van der Waals surface area contributed by atoms with Crippen LogP contribution in [0.1, 0.15) is 23.5 Å². The first-order chi connectivity index (χ1) is 8.25. The molecule has 0 saturated carbocycles. The second-order valence-corrected chi connectivity index (χ2v) is 4.40. The van der Waals surface area contributed by atoms with E-state index < -0.39 is 5.97 Å². The van der Waals surface area contributed by atoms with Crippen LogP contribution in [-0.4, -0.2) is 46.3 Å². The smallest absolute Gasteiger partial charge is 0.373 e. The highest BCUT2D eigenvalue weighted by Crippen LogP contribution is 2.32. The molecule has 3 heterocycles. The van der Waals surface area contributed by atoms with Crippen LogP contribution in [0.3, 0.4) is 0 Å². The van der Waals surface area contributed by atoms with Gasteiger partial charge in [0.15, 0.2) is 0 Å². The molecule has 6 heteroatoms. The Labute approximate surface area is 98.2 Å². The van der Waals surface area contributed by atoms with Crippen molar-refractivity contribution in [3.8, 4) is 0 Å². The lowest BCUT2D eigenvalue weighted by Crippen LogP contribution is -2.46. The number of morpholine rings is 1. The summed E-state index contributed by atoms with van der Waals surface area (Å²) in [5.74, 6) is -1.25. The number of hydrogen-bond donors (Lipinski definition) is 1. The normalized spacial score (nSPS) is 27.2. The zero-order valence-corrected chi connectivity index (χ0v) is 9.24. The van der Waals surface area contributed by atoms with Gasteiger partial charge in [-0.3, -0.25) is 0 Å². The lowest BCUT2D eigenvalue weighted by atomic mass is 10.2. The summed E-state index contributed by atoms with van der Waals surface area (Å²) < 4.78 is 5.49. The molecule has 2 aliphatic heterocycles. The molecule has 1 aromatic rings. The van der Waals surface area contributed by atoms with Crippen molar-refractivity contribution < 1.29 is 14.6 Å². The quantitative estimate of drug-likeness (QED) is 0.806. The van der Waals surface area contributed by atoms with Crippen LogP contribution < -0.4 is 4.90 Å². The Bertz CT molecular complexity index is 418. The number of aromatic nitrogens is 2. The van der Waals surface area contributed by atoms with Gasteiger partial charge in [-0.05, 0) is 12.8 Å². The van der Waals surface area contributed by atoms with E-state index in [2.05, 4.69) is 14.9 Å². The largest absolute Gasteiger partial charge is 0.475 e. The van der Waals surface area contributed by atoms with Crippen molar-refractivity contribution in [1.82, 2.24) is 9.97 Å². The van der Waals surface area contributed by atoms with Gasteiger partial charge in [-0.25, -0.2) is 14.8 Å². The highest BCUT2D eigenvalue weighted by atomic mass is 16.5. The summed E-state index contributed by atoms with van der Waals surface area (Å²) in [6.07, 6.45) is 5.41. The van der Waals surface area contributed by atoms with Gasteiger partial charge in [0.25, 0.3) is 0 Å². The minimum Gasteiger partial charge on any atom is -0.475 e. The minimum absolute atomic E-state index is 0.158. The van der Waals surface area contributed by atoms with Gasteiger partial charge in [-0.2, -0.15) is 0 Å². The van der Waals surface area contributed by atoms with E-state index in [-0.39, 0.29) is 5.82 Å². The lowest BCUT2D eigenvalue weighted by molar-refractivity contribution is 0.0683.